The van der Waals surface area contributed by atoms with Gasteiger partial charge in [0.05, 0.1) is 24.1 Å². The lowest BCUT2D eigenvalue weighted by atomic mass is 9.87. The van der Waals surface area contributed by atoms with Crippen LogP contribution in [0.15, 0.2) is 0 Å². The van der Waals surface area contributed by atoms with E-state index in [2.05, 4.69) is 0 Å². The number of hydrogen-bond donors (Lipinski definition) is 2. The van der Waals surface area contributed by atoms with Crippen molar-refractivity contribution in [2.24, 2.45) is 11.1 Å². The van der Waals surface area contributed by atoms with Crippen LogP contribution in [0, 0.1) is 5.41 Å². The maximum atomic E-state index is 11.7. The van der Waals surface area contributed by atoms with Crippen molar-refractivity contribution in [3.63, 3.8) is 0 Å². The number of β-amino-alcohol motifs (C(OH)–C–C–N with tert-alkyl or cyclic N) is 1. The highest BCUT2D eigenvalue weighted by molar-refractivity contribution is 5.83. The van der Waals surface area contributed by atoms with Gasteiger partial charge in [0.15, 0.2) is 0 Å². The number of rotatable bonds is 2. The molecular weight excluding hydrogens is 168 g/mol. The fourth-order valence-corrected chi connectivity index (χ4v) is 1.43. The van der Waals surface area contributed by atoms with Crippen molar-refractivity contribution >= 4 is 5.91 Å². The van der Waals surface area contributed by atoms with Crippen LogP contribution < -0.4 is 5.73 Å². The Balaban J connectivity index is 2.53. The second kappa shape index (κ2) is 2.96. The molecule has 1 saturated heterocycles. The van der Waals surface area contributed by atoms with Crippen molar-refractivity contribution < 1.29 is 9.90 Å². The van der Waals surface area contributed by atoms with Gasteiger partial charge in [0, 0.05) is 6.54 Å². The Hall–Kier alpha value is -0.610. The van der Waals surface area contributed by atoms with Crippen LogP contribution in [0.3, 0.4) is 0 Å². The van der Waals surface area contributed by atoms with E-state index in [0.717, 1.165) is 0 Å². The number of carbonyl (C=O) groups is 1. The molecule has 0 radical (unpaired) electrons. The van der Waals surface area contributed by atoms with E-state index in [1.54, 1.807) is 11.8 Å². The van der Waals surface area contributed by atoms with E-state index in [9.17, 15) is 9.90 Å². The number of nitrogens with zero attached hydrogens (tertiary/aromatic N) is 1. The first-order chi connectivity index (χ1) is 5.78. The Morgan fingerprint density at radius 1 is 1.62 bits per heavy atom. The summed E-state index contributed by atoms with van der Waals surface area (Å²) in [4.78, 5) is 13.3. The molecule has 0 aliphatic carbocycles. The summed E-state index contributed by atoms with van der Waals surface area (Å²) >= 11 is 0. The maximum absolute atomic E-state index is 11.7. The van der Waals surface area contributed by atoms with Crippen LogP contribution >= 0.6 is 0 Å². The first kappa shape index (κ1) is 10.5. The zero-order valence-electron chi connectivity index (χ0n) is 8.50. The van der Waals surface area contributed by atoms with E-state index in [4.69, 9.17) is 5.73 Å². The van der Waals surface area contributed by atoms with E-state index >= 15 is 0 Å². The van der Waals surface area contributed by atoms with Crippen molar-refractivity contribution in [3.8, 4) is 0 Å². The molecule has 0 saturated carbocycles. The molecule has 3 N–H and O–H groups in total. The van der Waals surface area contributed by atoms with Crippen LogP contribution in [0.4, 0.5) is 0 Å². The average molecular weight is 186 g/mol. The fraction of sp³-hybridized carbons (Fsp3) is 0.889. The van der Waals surface area contributed by atoms with Gasteiger partial charge in [0.2, 0.25) is 5.91 Å². The minimum absolute atomic E-state index is 0.0292. The minimum Gasteiger partial charge on any atom is -0.386 e. The summed E-state index contributed by atoms with van der Waals surface area (Å²) in [6.45, 7) is 6.56. The molecule has 4 nitrogen and oxygen atoms in total. The molecular formula is C9H18N2O2. The highest BCUT2D eigenvalue weighted by Crippen LogP contribution is 2.26. The summed E-state index contributed by atoms with van der Waals surface area (Å²) in [5.74, 6) is 0.0292. The number of hydrogen-bond acceptors (Lipinski definition) is 3. The van der Waals surface area contributed by atoms with Crippen molar-refractivity contribution in [2.75, 3.05) is 19.6 Å². The van der Waals surface area contributed by atoms with Gasteiger partial charge in [-0.15, -0.1) is 0 Å². The first-order valence-corrected chi connectivity index (χ1v) is 4.50. The number of amides is 1. The normalized spacial score (nSPS) is 21.2. The van der Waals surface area contributed by atoms with Crippen molar-refractivity contribution in [3.05, 3.63) is 0 Å². The van der Waals surface area contributed by atoms with Gasteiger partial charge in [-0.2, -0.15) is 0 Å². The number of aliphatic hydroxyl groups is 1. The standard InChI is InChI=1S/C9H18N2O2/c1-8(2,4-10)7(12)11-5-9(3,13)6-11/h13H,4-6,10H2,1-3H3. The largest absolute Gasteiger partial charge is 0.386 e. The third-order valence-corrected chi connectivity index (χ3v) is 2.44. The molecule has 0 aromatic carbocycles. The summed E-state index contributed by atoms with van der Waals surface area (Å²) < 4.78 is 0. The Labute approximate surface area is 78.7 Å². The zero-order valence-corrected chi connectivity index (χ0v) is 8.50. The lowest BCUT2D eigenvalue weighted by Gasteiger charge is -2.46. The molecule has 0 spiro atoms. The Morgan fingerprint density at radius 2 is 2.08 bits per heavy atom. The van der Waals surface area contributed by atoms with E-state index in [1.807, 2.05) is 13.8 Å². The molecule has 0 unspecified atom stereocenters. The number of likely N-dealkylation sites (tertiary alicyclic amines) is 1. The van der Waals surface area contributed by atoms with E-state index in [0.29, 0.717) is 19.6 Å². The first-order valence-electron chi connectivity index (χ1n) is 4.50. The summed E-state index contributed by atoms with van der Waals surface area (Å²) in [6.07, 6.45) is 0. The van der Waals surface area contributed by atoms with E-state index in [-0.39, 0.29) is 5.91 Å². The van der Waals surface area contributed by atoms with Crippen molar-refractivity contribution in [2.45, 2.75) is 26.4 Å². The van der Waals surface area contributed by atoms with Crippen molar-refractivity contribution in [1.82, 2.24) is 4.90 Å². The van der Waals surface area contributed by atoms with Crippen LogP contribution in [0.1, 0.15) is 20.8 Å². The van der Waals surface area contributed by atoms with Gasteiger partial charge >= 0.3 is 0 Å². The maximum Gasteiger partial charge on any atom is 0.229 e. The molecule has 13 heavy (non-hydrogen) atoms. The van der Waals surface area contributed by atoms with E-state index in [1.165, 1.54) is 0 Å². The monoisotopic (exact) mass is 186 g/mol. The van der Waals surface area contributed by atoms with Gasteiger partial charge in [-0.3, -0.25) is 4.79 Å². The molecule has 0 bridgehead atoms. The minimum atomic E-state index is -0.694. The second-order valence-electron chi connectivity index (χ2n) is 4.75. The Bertz CT molecular complexity index is 216. The molecule has 0 aromatic rings. The van der Waals surface area contributed by atoms with Gasteiger partial charge in [0.1, 0.15) is 0 Å². The summed E-state index contributed by atoms with van der Waals surface area (Å²) in [5, 5.41) is 9.45. The molecule has 1 aliphatic rings. The summed E-state index contributed by atoms with van der Waals surface area (Å²) in [6, 6.07) is 0. The van der Waals surface area contributed by atoms with Gasteiger partial charge in [-0.05, 0) is 20.8 Å². The summed E-state index contributed by atoms with van der Waals surface area (Å²) in [7, 11) is 0. The lowest BCUT2D eigenvalue weighted by molar-refractivity contribution is -0.160. The zero-order chi connectivity index (χ0) is 10.3. The lowest BCUT2D eigenvalue weighted by Crippen LogP contribution is -2.64. The van der Waals surface area contributed by atoms with Crippen LogP contribution in [0.25, 0.3) is 0 Å². The SMILES string of the molecule is CC1(O)CN(C(=O)C(C)(C)CN)C1. The fourth-order valence-electron chi connectivity index (χ4n) is 1.43. The topological polar surface area (TPSA) is 66.6 Å². The second-order valence-corrected chi connectivity index (χ2v) is 4.75. The van der Waals surface area contributed by atoms with Crippen LogP contribution in [-0.2, 0) is 4.79 Å². The molecule has 1 fully saturated rings. The van der Waals surface area contributed by atoms with Gasteiger partial charge in [-0.25, -0.2) is 0 Å². The molecule has 4 heteroatoms. The molecule has 0 atom stereocenters. The van der Waals surface area contributed by atoms with Gasteiger partial charge in [0.25, 0.3) is 0 Å². The smallest absolute Gasteiger partial charge is 0.229 e. The molecule has 1 heterocycles. The number of nitrogens with two attached hydrogens (primary N) is 1. The molecule has 76 valence electrons. The predicted molar refractivity (Wildman–Crippen MR) is 50.0 cm³/mol. The third-order valence-electron chi connectivity index (χ3n) is 2.44. The predicted octanol–water partition coefficient (Wildman–Crippen LogP) is -0.435. The van der Waals surface area contributed by atoms with Gasteiger partial charge in [-0.1, -0.05) is 0 Å². The highest BCUT2D eigenvalue weighted by atomic mass is 16.3. The highest BCUT2D eigenvalue weighted by Gasteiger charge is 2.43. The quantitative estimate of drug-likeness (QED) is 0.614. The molecule has 1 rings (SSSR count). The summed E-state index contributed by atoms with van der Waals surface area (Å²) in [5.41, 5.74) is 4.28. The Kier molecular flexibility index (Phi) is 2.38. The van der Waals surface area contributed by atoms with E-state index < -0.39 is 11.0 Å². The van der Waals surface area contributed by atoms with Crippen LogP contribution in [0.2, 0.25) is 0 Å². The molecule has 1 aliphatic heterocycles. The van der Waals surface area contributed by atoms with Gasteiger partial charge < -0.3 is 15.7 Å². The molecule has 0 aromatic heterocycles. The number of carbonyl (C=O) groups excluding carboxylic acids is 1. The molecule has 1 amide bonds. The van der Waals surface area contributed by atoms with Crippen LogP contribution in [-0.4, -0.2) is 41.1 Å². The Morgan fingerprint density at radius 3 is 2.38 bits per heavy atom. The third kappa shape index (κ3) is 2.00. The average Bonchev–Trinajstić information content (AvgIpc) is 1.98. The van der Waals surface area contributed by atoms with Crippen molar-refractivity contribution in [1.29, 1.82) is 0 Å². The van der Waals surface area contributed by atoms with Crippen LogP contribution in [0.5, 0.6) is 0 Å².